The van der Waals surface area contributed by atoms with E-state index in [0.29, 0.717) is 5.82 Å². The zero-order chi connectivity index (χ0) is 29.0. The summed E-state index contributed by atoms with van der Waals surface area (Å²) in [5, 5.41) is 1.27. The second-order valence-corrected chi connectivity index (χ2v) is 13.0. The van der Waals surface area contributed by atoms with Gasteiger partial charge in [-0.25, -0.2) is 4.98 Å². The van der Waals surface area contributed by atoms with Gasteiger partial charge in [0.2, 0.25) is 0 Å². The molecule has 6 rings (SSSR count). The van der Waals surface area contributed by atoms with Gasteiger partial charge in [-0.3, -0.25) is 0 Å². The van der Waals surface area contributed by atoms with Gasteiger partial charge in [-0.2, -0.15) is 0 Å². The van der Waals surface area contributed by atoms with Crippen LogP contribution in [0, 0.1) is 0 Å². The Hall–Kier alpha value is -4.41. The SMILES string of the molecule is BC(c1ccccc1)c1ccccc1.CCCc1cccc([SiH2]C(c2ccccc2)(c2ccccc2)n2ccnc2)c1. The lowest BCUT2D eigenvalue weighted by molar-refractivity contribution is 0.596. The minimum absolute atomic E-state index is 0.205. The van der Waals surface area contributed by atoms with Crippen LogP contribution in [0.1, 0.15) is 47.0 Å². The summed E-state index contributed by atoms with van der Waals surface area (Å²) in [5.41, 5.74) is 6.84. The van der Waals surface area contributed by atoms with Gasteiger partial charge < -0.3 is 4.57 Å². The van der Waals surface area contributed by atoms with Crippen molar-refractivity contribution >= 4 is 22.6 Å². The molecule has 42 heavy (non-hydrogen) atoms. The first kappa shape index (κ1) is 29.1. The van der Waals surface area contributed by atoms with Crippen LogP contribution in [0.4, 0.5) is 0 Å². The molecule has 0 unspecified atom stereocenters. The second kappa shape index (κ2) is 14.5. The third kappa shape index (κ3) is 6.90. The molecule has 0 bridgehead atoms. The van der Waals surface area contributed by atoms with E-state index in [0.717, 1.165) is 6.42 Å². The van der Waals surface area contributed by atoms with Gasteiger partial charge in [0.05, 0.1) is 21.0 Å². The zero-order valence-electron chi connectivity index (χ0n) is 24.7. The fourth-order valence-electron chi connectivity index (χ4n) is 5.83. The molecule has 0 saturated heterocycles. The number of nitrogens with zero attached hydrogens (tertiary/aromatic N) is 2. The fourth-order valence-corrected chi connectivity index (χ4v) is 8.29. The number of benzene rings is 5. The van der Waals surface area contributed by atoms with E-state index in [9.17, 15) is 0 Å². The lowest BCUT2D eigenvalue weighted by Gasteiger charge is -2.37. The standard InChI is InChI=1S/C25H26N2Si.C13H13B/c1-2-10-21-11-9-16-24(19-21)28-25(27-18-17-26-20-27,22-12-5-3-6-13-22)23-14-7-4-8-15-23;14-13(11-7-3-1-4-8-11)12-9-5-2-6-10-12/h3-9,11-20H,2,10,28H2,1H3;1-10,13H,14H2. The molecule has 0 amide bonds. The van der Waals surface area contributed by atoms with E-state index in [4.69, 9.17) is 0 Å². The van der Waals surface area contributed by atoms with Crippen LogP contribution >= 0.6 is 0 Å². The molecule has 0 N–H and O–H groups in total. The monoisotopic (exact) mass is 562 g/mol. The Morgan fingerprint density at radius 3 is 1.69 bits per heavy atom. The lowest BCUT2D eigenvalue weighted by Crippen LogP contribution is -2.46. The highest BCUT2D eigenvalue weighted by atomic mass is 28.2. The average Bonchev–Trinajstić information content (AvgIpc) is 3.61. The Morgan fingerprint density at radius 2 is 1.21 bits per heavy atom. The second-order valence-electron chi connectivity index (χ2n) is 10.9. The predicted molar refractivity (Wildman–Crippen MR) is 183 cm³/mol. The van der Waals surface area contributed by atoms with Crippen LogP contribution in [0.15, 0.2) is 164 Å². The predicted octanol–water partition coefficient (Wildman–Crippen LogP) is 6.49. The van der Waals surface area contributed by atoms with Gasteiger partial charge in [-0.05, 0) is 40.1 Å². The van der Waals surface area contributed by atoms with Gasteiger partial charge in [0.1, 0.15) is 7.85 Å². The Bertz CT molecular complexity index is 1530. The smallest absolute Gasteiger partial charge is 0.116 e. The maximum Gasteiger partial charge on any atom is 0.116 e. The normalized spacial score (nSPS) is 11.4. The summed E-state index contributed by atoms with van der Waals surface area (Å²) in [6, 6.07) is 52.2. The van der Waals surface area contributed by atoms with Crippen molar-refractivity contribution in [2.75, 3.05) is 0 Å². The van der Waals surface area contributed by atoms with Crippen molar-refractivity contribution in [1.82, 2.24) is 9.55 Å². The van der Waals surface area contributed by atoms with Crippen molar-refractivity contribution in [3.05, 3.63) is 192 Å². The van der Waals surface area contributed by atoms with Gasteiger partial charge in [-0.1, -0.05) is 164 Å². The number of hydrogen-bond acceptors (Lipinski definition) is 1. The molecular weight excluding hydrogens is 523 g/mol. The molecule has 0 radical (unpaired) electrons. The third-order valence-corrected chi connectivity index (χ3v) is 10.6. The van der Waals surface area contributed by atoms with E-state index < -0.39 is 9.52 Å². The molecule has 0 saturated carbocycles. The zero-order valence-corrected chi connectivity index (χ0v) is 26.1. The summed E-state index contributed by atoms with van der Waals surface area (Å²) >= 11 is 0. The van der Waals surface area contributed by atoms with Crippen molar-refractivity contribution in [2.24, 2.45) is 0 Å². The molecule has 0 spiro atoms. The molecule has 1 aromatic heterocycles. The van der Waals surface area contributed by atoms with Gasteiger partial charge in [0.15, 0.2) is 0 Å². The molecular formula is C38H39BN2Si. The molecule has 0 atom stereocenters. The Balaban J connectivity index is 0.000000211. The van der Waals surface area contributed by atoms with Gasteiger partial charge in [0, 0.05) is 12.4 Å². The summed E-state index contributed by atoms with van der Waals surface area (Å²) in [5.74, 6) is 0.484. The van der Waals surface area contributed by atoms with Crippen molar-refractivity contribution in [2.45, 2.75) is 30.7 Å². The first-order valence-corrected chi connectivity index (χ1v) is 16.4. The van der Waals surface area contributed by atoms with E-state index in [1.54, 1.807) is 0 Å². The molecule has 0 aliphatic heterocycles. The molecule has 1 heterocycles. The molecule has 0 fully saturated rings. The number of aromatic nitrogens is 2. The topological polar surface area (TPSA) is 17.8 Å². The third-order valence-electron chi connectivity index (χ3n) is 8.04. The van der Waals surface area contributed by atoms with Gasteiger partial charge in [-0.15, -0.1) is 0 Å². The molecule has 2 nitrogen and oxygen atoms in total. The molecule has 6 aromatic rings. The van der Waals surface area contributed by atoms with Crippen molar-refractivity contribution < 1.29 is 0 Å². The number of hydrogen-bond donors (Lipinski definition) is 0. The summed E-state index contributed by atoms with van der Waals surface area (Å²) in [6.45, 7) is 2.24. The average molecular weight is 563 g/mol. The quantitative estimate of drug-likeness (QED) is 0.184. The number of aryl methyl sites for hydroxylation is 1. The van der Waals surface area contributed by atoms with E-state index in [-0.39, 0.29) is 5.16 Å². The van der Waals surface area contributed by atoms with Gasteiger partial charge in [0.25, 0.3) is 0 Å². The largest absolute Gasteiger partial charge is 0.326 e. The first-order valence-electron chi connectivity index (χ1n) is 15.0. The number of imidazole rings is 1. The summed E-state index contributed by atoms with van der Waals surface area (Å²) in [4.78, 5) is 4.41. The highest BCUT2D eigenvalue weighted by Crippen LogP contribution is 2.33. The van der Waals surface area contributed by atoms with E-state index in [2.05, 4.69) is 176 Å². The Morgan fingerprint density at radius 1 is 0.690 bits per heavy atom. The van der Waals surface area contributed by atoms with Crippen LogP contribution in [-0.2, 0) is 11.6 Å². The van der Waals surface area contributed by atoms with Crippen LogP contribution in [0.2, 0.25) is 0 Å². The van der Waals surface area contributed by atoms with E-state index in [1.165, 1.54) is 39.4 Å². The van der Waals surface area contributed by atoms with E-state index >= 15 is 0 Å². The highest BCUT2D eigenvalue weighted by Gasteiger charge is 2.36. The van der Waals surface area contributed by atoms with Gasteiger partial charge >= 0.3 is 0 Å². The lowest BCUT2D eigenvalue weighted by atomic mass is 9.76. The minimum Gasteiger partial charge on any atom is -0.326 e. The molecule has 0 aliphatic carbocycles. The maximum atomic E-state index is 4.41. The molecule has 5 aromatic carbocycles. The fraction of sp³-hybridized carbons (Fsp3) is 0.132. The van der Waals surface area contributed by atoms with Crippen molar-refractivity contribution in [3.63, 3.8) is 0 Å². The van der Waals surface area contributed by atoms with E-state index in [1.807, 2.05) is 12.5 Å². The molecule has 208 valence electrons. The molecule has 0 aliphatic rings. The van der Waals surface area contributed by atoms with Crippen LogP contribution in [0.25, 0.3) is 0 Å². The van der Waals surface area contributed by atoms with Crippen LogP contribution in [0.5, 0.6) is 0 Å². The van der Waals surface area contributed by atoms with Crippen molar-refractivity contribution in [1.29, 1.82) is 0 Å². The van der Waals surface area contributed by atoms with Crippen LogP contribution in [0.3, 0.4) is 0 Å². The Labute approximate surface area is 254 Å². The first-order chi connectivity index (χ1) is 20.7. The Kier molecular flexibility index (Phi) is 10.0. The summed E-state index contributed by atoms with van der Waals surface area (Å²) < 4.78 is 2.32. The number of rotatable bonds is 9. The van der Waals surface area contributed by atoms with Crippen LogP contribution < -0.4 is 5.19 Å². The molecule has 4 heteroatoms. The summed E-state index contributed by atoms with van der Waals surface area (Å²) in [6.07, 6.45) is 8.29. The van der Waals surface area contributed by atoms with Crippen molar-refractivity contribution in [3.8, 4) is 0 Å². The maximum absolute atomic E-state index is 4.41. The minimum atomic E-state index is -0.785. The highest BCUT2D eigenvalue weighted by molar-refractivity contribution is 6.57. The summed E-state index contributed by atoms with van der Waals surface area (Å²) in [7, 11) is 1.46. The van der Waals surface area contributed by atoms with Crippen LogP contribution in [-0.4, -0.2) is 26.9 Å².